The van der Waals surface area contributed by atoms with Gasteiger partial charge in [0.1, 0.15) is 0 Å². The average molecular weight is 213 g/mol. The van der Waals surface area contributed by atoms with Gasteiger partial charge in [-0.3, -0.25) is 9.69 Å². The van der Waals surface area contributed by atoms with Crippen molar-refractivity contribution >= 4 is 5.91 Å². The van der Waals surface area contributed by atoms with Gasteiger partial charge in [-0.15, -0.1) is 0 Å². The Balaban J connectivity index is 2.64. The third kappa shape index (κ3) is 2.92. The number of hydrogen-bond acceptors (Lipinski definition) is 3. The molecule has 1 amide bonds. The second kappa shape index (κ2) is 4.94. The minimum absolute atomic E-state index is 0.0398. The van der Waals surface area contributed by atoms with Crippen molar-refractivity contribution in [3.05, 3.63) is 0 Å². The van der Waals surface area contributed by atoms with Crippen molar-refractivity contribution in [1.82, 2.24) is 15.5 Å². The van der Waals surface area contributed by atoms with Gasteiger partial charge in [-0.05, 0) is 27.7 Å². The van der Waals surface area contributed by atoms with Gasteiger partial charge in [0, 0.05) is 31.7 Å². The highest BCUT2D eigenvalue weighted by molar-refractivity contribution is 5.81. The summed E-state index contributed by atoms with van der Waals surface area (Å²) >= 11 is 0. The summed E-state index contributed by atoms with van der Waals surface area (Å²) in [5.74, 6) is 0.132. The molecule has 1 atom stereocenters. The van der Waals surface area contributed by atoms with E-state index in [1.807, 2.05) is 13.8 Å². The molecule has 15 heavy (non-hydrogen) atoms. The molecule has 0 saturated carbocycles. The summed E-state index contributed by atoms with van der Waals surface area (Å²) in [5.41, 5.74) is 0.0583. The molecule has 0 radical (unpaired) electrons. The third-order valence-electron chi connectivity index (χ3n) is 3.06. The maximum atomic E-state index is 11.8. The molecule has 4 nitrogen and oxygen atoms in total. The number of nitrogens with one attached hydrogen (secondary N) is 2. The van der Waals surface area contributed by atoms with Gasteiger partial charge in [0.25, 0.3) is 0 Å². The lowest BCUT2D eigenvalue weighted by Gasteiger charge is -2.45. The van der Waals surface area contributed by atoms with Crippen LogP contribution in [0.2, 0.25) is 0 Å². The van der Waals surface area contributed by atoms with Crippen LogP contribution in [0.5, 0.6) is 0 Å². The molecule has 4 heteroatoms. The molecule has 0 aromatic rings. The Bertz CT molecular complexity index is 228. The fourth-order valence-corrected chi connectivity index (χ4v) is 2.18. The van der Waals surface area contributed by atoms with Gasteiger partial charge in [0.2, 0.25) is 5.91 Å². The highest BCUT2D eigenvalue weighted by Gasteiger charge is 2.35. The van der Waals surface area contributed by atoms with Gasteiger partial charge in [-0.25, -0.2) is 0 Å². The molecule has 0 aliphatic carbocycles. The second-order valence-corrected chi connectivity index (χ2v) is 4.75. The fourth-order valence-electron chi connectivity index (χ4n) is 2.18. The predicted molar refractivity (Wildman–Crippen MR) is 61.8 cm³/mol. The van der Waals surface area contributed by atoms with E-state index in [1.54, 1.807) is 0 Å². The summed E-state index contributed by atoms with van der Waals surface area (Å²) in [6.45, 7) is 11.8. The molecular weight excluding hydrogens is 190 g/mol. The SMILES string of the molecule is CCNC(=O)C(C)N1CCNCC1(C)C. The molecule has 1 unspecified atom stereocenters. The summed E-state index contributed by atoms with van der Waals surface area (Å²) in [5, 5.41) is 6.24. The number of amides is 1. The fraction of sp³-hybridized carbons (Fsp3) is 0.909. The van der Waals surface area contributed by atoms with Crippen molar-refractivity contribution in [2.24, 2.45) is 0 Å². The standard InChI is InChI=1S/C11H23N3O/c1-5-13-10(15)9(2)14-7-6-12-8-11(14,3)4/h9,12H,5-8H2,1-4H3,(H,13,15). The number of piperazine rings is 1. The predicted octanol–water partition coefficient (Wildman–Crippen LogP) is 0.195. The Labute approximate surface area is 92.4 Å². The molecule has 0 aromatic carbocycles. The smallest absolute Gasteiger partial charge is 0.237 e. The highest BCUT2D eigenvalue weighted by Crippen LogP contribution is 2.19. The number of nitrogens with zero attached hydrogens (tertiary/aromatic N) is 1. The molecule has 0 bridgehead atoms. The van der Waals surface area contributed by atoms with Crippen molar-refractivity contribution in [2.45, 2.75) is 39.3 Å². The van der Waals surface area contributed by atoms with Crippen molar-refractivity contribution in [3.8, 4) is 0 Å². The van der Waals surface area contributed by atoms with Crippen LogP contribution in [-0.2, 0) is 4.79 Å². The molecule has 1 aliphatic heterocycles. The third-order valence-corrected chi connectivity index (χ3v) is 3.06. The van der Waals surface area contributed by atoms with Gasteiger partial charge < -0.3 is 10.6 Å². The number of rotatable bonds is 3. The monoisotopic (exact) mass is 213 g/mol. The zero-order valence-electron chi connectivity index (χ0n) is 10.3. The summed E-state index contributed by atoms with van der Waals surface area (Å²) < 4.78 is 0. The van der Waals surface area contributed by atoms with E-state index in [-0.39, 0.29) is 17.5 Å². The van der Waals surface area contributed by atoms with E-state index in [0.29, 0.717) is 6.54 Å². The van der Waals surface area contributed by atoms with Gasteiger partial charge in [0.15, 0.2) is 0 Å². The van der Waals surface area contributed by atoms with E-state index < -0.39 is 0 Å². The van der Waals surface area contributed by atoms with Crippen LogP contribution >= 0.6 is 0 Å². The lowest BCUT2D eigenvalue weighted by Crippen LogP contribution is -2.63. The number of likely N-dealkylation sites (N-methyl/N-ethyl adjacent to an activating group) is 1. The van der Waals surface area contributed by atoms with Crippen LogP contribution in [0.15, 0.2) is 0 Å². The lowest BCUT2D eigenvalue weighted by molar-refractivity contribution is -0.128. The summed E-state index contributed by atoms with van der Waals surface area (Å²) in [7, 11) is 0. The van der Waals surface area contributed by atoms with Crippen LogP contribution in [0.3, 0.4) is 0 Å². The van der Waals surface area contributed by atoms with Crippen LogP contribution < -0.4 is 10.6 Å². The van der Waals surface area contributed by atoms with E-state index >= 15 is 0 Å². The Hall–Kier alpha value is -0.610. The van der Waals surface area contributed by atoms with Crippen molar-refractivity contribution in [3.63, 3.8) is 0 Å². The quantitative estimate of drug-likeness (QED) is 0.703. The highest BCUT2D eigenvalue weighted by atomic mass is 16.2. The van der Waals surface area contributed by atoms with E-state index in [4.69, 9.17) is 0 Å². The first-order chi connectivity index (χ1) is 6.99. The van der Waals surface area contributed by atoms with E-state index in [0.717, 1.165) is 19.6 Å². The molecule has 1 aliphatic rings. The van der Waals surface area contributed by atoms with Gasteiger partial charge in [0.05, 0.1) is 6.04 Å². The summed E-state index contributed by atoms with van der Waals surface area (Å²) in [4.78, 5) is 14.0. The van der Waals surface area contributed by atoms with Crippen molar-refractivity contribution < 1.29 is 4.79 Å². The molecular formula is C11H23N3O. The zero-order valence-corrected chi connectivity index (χ0v) is 10.3. The Kier molecular flexibility index (Phi) is 4.11. The Morgan fingerprint density at radius 3 is 2.80 bits per heavy atom. The number of hydrogen-bond donors (Lipinski definition) is 2. The number of carbonyl (C=O) groups excluding carboxylic acids is 1. The molecule has 0 aromatic heterocycles. The van der Waals surface area contributed by atoms with E-state index in [2.05, 4.69) is 29.4 Å². The maximum absolute atomic E-state index is 11.8. The van der Waals surface area contributed by atoms with Crippen LogP contribution in [0.4, 0.5) is 0 Å². The molecule has 1 rings (SSSR count). The van der Waals surface area contributed by atoms with Gasteiger partial charge >= 0.3 is 0 Å². The van der Waals surface area contributed by atoms with Gasteiger partial charge in [-0.2, -0.15) is 0 Å². The maximum Gasteiger partial charge on any atom is 0.237 e. The van der Waals surface area contributed by atoms with Crippen LogP contribution in [-0.4, -0.2) is 48.6 Å². The summed E-state index contributed by atoms with van der Waals surface area (Å²) in [6, 6.07) is -0.0398. The topological polar surface area (TPSA) is 44.4 Å². The minimum Gasteiger partial charge on any atom is -0.355 e. The molecule has 2 N–H and O–H groups in total. The van der Waals surface area contributed by atoms with Crippen molar-refractivity contribution in [1.29, 1.82) is 0 Å². The largest absolute Gasteiger partial charge is 0.355 e. The molecule has 1 fully saturated rings. The van der Waals surface area contributed by atoms with Gasteiger partial charge in [-0.1, -0.05) is 0 Å². The normalized spacial score (nSPS) is 23.5. The van der Waals surface area contributed by atoms with Crippen LogP contribution in [0.1, 0.15) is 27.7 Å². The first-order valence-electron chi connectivity index (χ1n) is 5.74. The van der Waals surface area contributed by atoms with Crippen LogP contribution in [0.25, 0.3) is 0 Å². The molecule has 0 spiro atoms. The first-order valence-corrected chi connectivity index (χ1v) is 5.74. The number of carbonyl (C=O) groups is 1. The minimum atomic E-state index is -0.0398. The molecule has 88 valence electrons. The summed E-state index contributed by atoms with van der Waals surface area (Å²) in [6.07, 6.45) is 0. The van der Waals surface area contributed by atoms with Crippen molar-refractivity contribution in [2.75, 3.05) is 26.2 Å². The van der Waals surface area contributed by atoms with E-state index in [9.17, 15) is 4.79 Å². The second-order valence-electron chi connectivity index (χ2n) is 4.75. The molecule has 1 saturated heterocycles. The zero-order chi connectivity index (χ0) is 11.5. The first kappa shape index (κ1) is 12.5. The molecule has 1 heterocycles. The van der Waals surface area contributed by atoms with E-state index in [1.165, 1.54) is 0 Å². The lowest BCUT2D eigenvalue weighted by atomic mass is 9.97. The Morgan fingerprint density at radius 2 is 2.27 bits per heavy atom. The average Bonchev–Trinajstić information content (AvgIpc) is 2.16. The Morgan fingerprint density at radius 1 is 1.60 bits per heavy atom. The van der Waals surface area contributed by atoms with Crippen LogP contribution in [0, 0.1) is 0 Å².